The lowest BCUT2D eigenvalue weighted by atomic mass is 10.2. The molecule has 3 aromatic rings. The van der Waals surface area contributed by atoms with Crippen LogP contribution in [0.2, 0.25) is 10.0 Å². The molecule has 0 aliphatic rings. The molecule has 1 aromatic heterocycles. The number of benzene rings is 2. The maximum absolute atomic E-state index is 12.2. The molecule has 0 saturated heterocycles. The monoisotopic (exact) mass is 423 g/mol. The Morgan fingerprint density at radius 3 is 2.59 bits per heavy atom. The third-order valence-corrected chi connectivity index (χ3v) is 5.22. The molecule has 138 valence electrons. The van der Waals surface area contributed by atoms with Crippen molar-refractivity contribution < 1.29 is 14.5 Å². The molecule has 0 aliphatic carbocycles. The molecule has 0 unspecified atom stereocenters. The van der Waals surface area contributed by atoms with E-state index < -0.39 is 10.8 Å². The fourth-order valence-corrected chi connectivity index (χ4v) is 3.92. The van der Waals surface area contributed by atoms with Gasteiger partial charge in [-0.2, -0.15) is 5.10 Å². The molecule has 0 radical (unpaired) electrons. The molecule has 27 heavy (non-hydrogen) atoms. The van der Waals surface area contributed by atoms with Crippen LogP contribution in [-0.4, -0.2) is 24.2 Å². The Hall–Kier alpha value is -2.68. The molecule has 0 spiro atoms. The number of nitrogens with one attached hydrogen (secondary N) is 1. The predicted molar refractivity (Wildman–Crippen MR) is 107 cm³/mol. The number of nitro groups is 1. The van der Waals surface area contributed by atoms with Gasteiger partial charge in [-0.25, -0.2) is 5.43 Å². The number of carbonyl (C=O) groups excluding carboxylic acids is 1. The summed E-state index contributed by atoms with van der Waals surface area (Å²) in [7, 11) is 1.46. The van der Waals surface area contributed by atoms with E-state index in [9.17, 15) is 14.9 Å². The van der Waals surface area contributed by atoms with Gasteiger partial charge >= 0.3 is 0 Å². The van der Waals surface area contributed by atoms with Crippen molar-refractivity contribution in [2.45, 2.75) is 0 Å². The normalized spacial score (nSPS) is 11.1. The molecule has 0 aliphatic heterocycles. The van der Waals surface area contributed by atoms with Crippen LogP contribution >= 0.6 is 34.5 Å². The van der Waals surface area contributed by atoms with Gasteiger partial charge in [-0.1, -0.05) is 23.2 Å². The van der Waals surface area contributed by atoms with Gasteiger partial charge in [0.1, 0.15) is 0 Å². The van der Waals surface area contributed by atoms with Crippen LogP contribution in [-0.2, 0) is 0 Å². The number of carbonyl (C=O) groups is 1. The summed E-state index contributed by atoms with van der Waals surface area (Å²) in [5, 5.41) is 16.0. The minimum absolute atomic E-state index is 0.0291. The van der Waals surface area contributed by atoms with Gasteiger partial charge in [-0.05, 0) is 29.8 Å². The highest BCUT2D eigenvalue weighted by molar-refractivity contribution is 7.20. The molecule has 3 rings (SSSR count). The van der Waals surface area contributed by atoms with E-state index in [4.69, 9.17) is 27.9 Å². The van der Waals surface area contributed by atoms with Crippen LogP contribution in [0, 0.1) is 10.1 Å². The van der Waals surface area contributed by atoms with Crippen LogP contribution in [0.4, 0.5) is 5.69 Å². The molecule has 0 saturated carbocycles. The fourth-order valence-electron chi connectivity index (χ4n) is 2.33. The second-order valence-electron chi connectivity index (χ2n) is 5.31. The minimum atomic E-state index is -0.480. The van der Waals surface area contributed by atoms with E-state index in [1.807, 2.05) is 0 Å². The summed E-state index contributed by atoms with van der Waals surface area (Å²) in [6, 6.07) is 9.21. The fraction of sp³-hybridized carbons (Fsp3) is 0.0588. The molecule has 7 nitrogen and oxygen atoms in total. The lowest BCUT2D eigenvalue weighted by molar-refractivity contribution is -0.384. The Labute approximate surface area is 167 Å². The summed E-state index contributed by atoms with van der Waals surface area (Å²) in [4.78, 5) is 23.0. The average Bonchev–Trinajstić information content (AvgIpc) is 3.04. The van der Waals surface area contributed by atoms with Crippen molar-refractivity contribution in [1.82, 2.24) is 5.43 Å². The number of hydrogen-bond acceptors (Lipinski definition) is 6. The third kappa shape index (κ3) is 4.19. The Balaban J connectivity index is 1.75. The van der Waals surface area contributed by atoms with Gasteiger partial charge in [0, 0.05) is 22.2 Å². The lowest BCUT2D eigenvalue weighted by Crippen LogP contribution is -2.16. The summed E-state index contributed by atoms with van der Waals surface area (Å²) in [6.45, 7) is 0. The number of fused-ring (bicyclic) bond motifs is 1. The molecular weight excluding hydrogens is 413 g/mol. The maximum atomic E-state index is 12.2. The van der Waals surface area contributed by atoms with E-state index in [2.05, 4.69) is 10.5 Å². The zero-order valence-electron chi connectivity index (χ0n) is 13.7. The SMILES string of the molecule is COc1c(Cl)cc(/C=N\NC(=O)c2cc3cc([N+](=O)[O-])ccc3s2)cc1Cl. The Morgan fingerprint density at radius 1 is 1.26 bits per heavy atom. The van der Waals surface area contributed by atoms with Crippen molar-refractivity contribution in [2.24, 2.45) is 5.10 Å². The molecule has 1 heterocycles. The highest BCUT2D eigenvalue weighted by atomic mass is 35.5. The van der Waals surface area contributed by atoms with E-state index in [0.717, 1.165) is 4.70 Å². The quantitative estimate of drug-likeness (QED) is 0.359. The molecule has 10 heteroatoms. The predicted octanol–water partition coefficient (Wildman–Crippen LogP) is 4.89. The van der Waals surface area contributed by atoms with Crippen molar-refractivity contribution in [3.63, 3.8) is 0 Å². The number of amides is 1. The number of ether oxygens (including phenoxy) is 1. The van der Waals surface area contributed by atoms with Gasteiger partial charge in [0.25, 0.3) is 11.6 Å². The van der Waals surface area contributed by atoms with Gasteiger partial charge in [0.05, 0.1) is 33.2 Å². The lowest BCUT2D eigenvalue weighted by Gasteiger charge is -2.06. The van der Waals surface area contributed by atoms with Crippen molar-refractivity contribution in [1.29, 1.82) is 0 Å². The molecular formula is C17H11Cl2N3O4S. The molecule has 1 N–H and O–H groups in total. The first-order valence-electron chi connectivity index (χ1n) is 7.43. The largest absolute Gasteiger partial charge is 0.494 e. The second-order valence-corrected chi connectivity index (χ2v) is 7.20. The summed E-state index contributed by atoms with van der Waals surface area (Å²) >= 11 is 13.3. The number of rotatable bonds is 5. The first-order valence-corrected chi connectivity index (χ1v) is 9.00. The van der Waals surface area contributed by atoms with Crippen molar-refractivity contribution in [2.75, 3.05) is 7.11 Å². The number of nitro benzene ring substituents is 1. The standard InChI is InChI=1S/C17H11Cl2N3O4S/c1-26-16-12(18)4-9(5-13(16)19)8-20-21-17(23)15-7-10-6-11(22(24)25)2-3-14(10)27-15/h2-8H,1H3,(H,21,23)/b20-8-. The van der Waals surface area contributed by atoms with Gasteiger partial charge in [-0.15, -0.1) is 11.3 Å². The van der Waals surface area contributed by atoms with E-state index in [1.165, 1.54) is 36.8 Å². The van der Waals surface area contributed by atoms with Crippen molar-refractivity contribution in [3.8, 4) is 5.75 Å². The zero-order chi connectivity index (χ0) is 19.6. The Bertz CT molecular complexity index is 1060. The van der Waals surface area contributed by atoms with Gasteiger partial charge in [0.15, 0.2) is 5.75 Å². The van der Waals surface area contributed by atoms with E-state index >= 15 is 0 Å². The summed E-state index contributed by atoms with van der Waals surface area (Å²) in [5.74, 6) is -0.0697. The number of methoxy groups -OCH3 is 1. The van der Waals surface area contributed by atoms with Crippen LogP contribution in [0.25, 0.3) is 10.1 Å². The number of hydrogen-bond donors (Lipinski definition) is 1. The van der Waals surface area contributed by atoms with Crippen LogP contribution in [0.3, 0.4) is 0 Å². The number of nitrogens with zero attached hydrogens (tertiary/aromatic N) is 2. The number of non-ortho nitro benzene ring substituents is 1. The summed E-state index contributed by atoms with van der Waals surface area (Å²) < 4.78 is 5.83. The first kappa shape index (κ1) is 19.1. The Morgan fingerprint density at radius 2 is 1.96 bits per heavy atom. The summed E-state index contributed by atoms with van der Waals surface area (Å²) in [6.07, 6.45) is 1.40. The molecule has 0 fully saturated rings. The first-order chi connectivity index (χ1) is 12.9. The number of hydrazone groups is 1. The Kier molecular flexibility index (Phi) is 5.59. The molecule has 0 atom stereocenters. The second kappa shape index (κ2) is 7.91. The minimum Gasteiger partial charge on any atom is -0.494 e. The summed E-state index contributed by atoms with van der Waals surface area (Å²) in [5.41, 5.74) is 2.96. The van der Waals surface area contributed by atoms with Crippen LogP contribution in [0.5, 0.6) is 5.75 Å². The van der Waals surface area contributed by atoms with Gasteiger partial charge in [-0.3, -0.25) is 14.9 Å². The van der Waals surface area contributed by atoms with Crippen molar-refractivity contribution >= 4 is 62.4 Å². The maximum Gasteiger partial charge on any atom is 0.281 e. The zero-order valence-corrected chi connectivity index (χ0v) is 16.1. The topological polar surface area (TPSA) is 93.8 Å². The number of thiophene rings is 1. The molecule has 0 bridgehead atoms. The highest BCUT2D eigenvalue weighted by Gasteiger charge is 2.13. The van der Waals surface area contributed by atoms with Crippen molar-refractivity contribution in [3.05, 3.63) is 67.0 Å². The number of halogens is 2. The third-order valence-electron chi connectivity index (χ3n) is 3.54. The van der Waals surface area contributed by atoms with Crippen LogP contribution < -0.4 is 10.2 Å². The van der Waals surface area contributed by atoms with Gasteiger partial charge in [0.2, 0.25) is 0 Å². The van der Waals surface area contributed by atoms with Crippen LogP contribution in [0.15, 0.2) is 41.5 Å². The van der Waals surface area contributed by atoms with Gasteiger partial charge < -0.3 is 4.74 Å². The average molecular weight is 424 g/mol. The highest BCUT2D eigenvalue weighted by Crippen LogP contribution is 2.33. The molecule has 1 amide bonds. The molecule has 2 aromatic carbocycles. The van der Waals surface area contributed by atoms with E-state index in [0.29, 0.717) is 31.6 Å². The van der Waals surface area contributed by atoms with E-state index in [-0.39, 0.29) is 5.69 Å². The van der Waals surface area contributed by atoms with Crippen LogP contribution in [0.1, 0.15) is 15.2 Å². The van der Waals surface area contributed by atoms with E-state index in [1.54, 1.807) is 24.3 Å². The smallest absolute Gasteiger partial charge is 0.281 e.